The molecule has 1 unspecified atom stereocenters. The summed E-state index contributed by atoms with van der Waals surface area (Å²) < 4.78 is 0. The first-order valence-corrected chi connectivity index (χ1v) is 10.9. The molecule has 2 heterocycles. The molecule has 1 aliphatic carbocycles. The zero-order valence-electron chi connectivity index (χ0n) is 17.0. The molecule has 1 saturated carbocycles. The maximum atomic E-state index is 13.1. The van der Waals surface area contributed by atoms with Crippen molar-refractivity contribution in [2.75, 3.05) is 19.6 Å². The second-order valence-electron chi connectivity index (χ2n) is 9.18. The van der Waals surface area contributed by atoms with Crippen molar-refractivity contribution in [3.63, 3.8) is 0 Å². The Morgan fingerprint density at radius 2 is 1.77 bits per heavy atom. The van der Waals surface area contributed by atoms with Crippen LogP contribution in [-0.2, 0) is 9.59 Å². The van der Waals surface area contributed by atoms with Crippen molar-refractivity contribution in [2.24, 2.45) is 11.3 Å². The van der Waals surface area contributed by atoms with Crippen LogP contribution in [0, 0.1) is 11.3 Å². The number of nitrogens with zero attached hydrogens (tertiary/aromatic N) is 1. The summed E-state index contributed by atoms with van der Waals surface area (Å²) in [4.78, 5) is 38.7. The Kier molecular flexibility index (Phi) is 4.72. The topological polar surface area (TPSA) is 78.5 Å². The van der Waals surface area contributed by atoms with Gasteiger partial charge in [-0.3, -0.25) is 14.4 Å². The Bertz CT molecular complexity index is 996. The van der Waals surface area contributed by atoms with Gasteiger partial charge in [0.05, 0.1) is 5.92 Å². The Morgan fingerprint density at radius 1 is 1.03 bits per heavy atom. The molecular weight excluding hydrogens is 378 g/mol. The molecule has 1 atom stereocenters. The van der Waals surface area contributed by atoms with Crippen molar-refractivity contribution in [3.8, 4) is 0 Å². The summed E-state index contributed by atoms with van der Waals surface area (Å²) in [6, 6.07) is 14.1. The van der Waals surface area contributed by atoms with Crippen LogP contribution in [0.4, 0.5) is 0 Å². The average Bonchev–Trinajstić information content (AvgIpc) is 3.18. The van der Waals surface area contributed by atoms with Crippen LogP contribution in [0.15, 0.2) is 42.5 Å². The number of benzene rings is 2. The molecule has 0 aromatic heterocycles. The van der Waals surface area contributed by atoms with Crippen molar-refractivity contribution in [2.45, 2.75) is 38.1 Å². The Hall–Kier alpha value is -2.89. The Balaban J connectivity index is 1.16. The van der Waals surface area contributed by atoms with E-state index in [0.29, 0.717) is 13.0 Å². The molecule has 156 valence electrons. The fourth-order valence-corrected chi connectivity index (χ4v) is 5.29. The lowest BCUT2D eigenvalue weighted by molar-refractivity contribution is -0.127. The van der Waals surface area contributed by atoms with Crippen molar-refractivity contribution < 1.29 is 14.4 Å². The summed E-state index contributed by atoms with van der Waals surface area (Å²) in [5, 5.41) is 7.96. The molecule has 3 amide bonds. The highest BCUT2D eigenvalue weighted by Gasteiger charge is 2.47. The van der Waals surface area contributed by atoms with Crippen LogP contribution in [0.3, 0.4) is 0 Å². The number of rotatable bonds is 3. The van der Waals surface area contributed by atoms with Crippen LogP contribution in [0.1, 0.15) is 42.5 Å². The van der Waals surface area contributed by atoms with Crippen molar-refractivity contribution in [1.29, 1.82) is 0 Å². The number of hydrogen-bond donors (Lipinski definition) is 2. The molecule has 6 heteroatoms. The normalized spacial score (nSPS) is 23.3. The summed E-state index contributed by atoms with van der Waals surface area (Å²) in [6.45, 7) is 2.06. The van der Waals surface area contributed by atoms with Crippen molar-refractivity contribution in [3.05, 3.63) is 48.0 Å². The van der Waals surface area contributed by atoms with Gasteiger partial charge in [-0.25, -0.2) is 0 Å². The zero-order chi connectivity index (χ0) is 20.7. The number of hydrogen-bond acceptors (Lipinski definition) is 3. The molecule has 2 N–H and O–H groups in total. The van der Waals surface area contributed by atoms with Gasteiger partial charge >= 0.3 is 0 Å². The number of nitrogens with one attached hydrogen (secondary N) is 2. The first kappa shape index (κ1) is 19.1. The summed E-state index contributed by atoms with van der Waals surface area (Å²) in [7, 11) is 0. The van der Waals surface area contributed by atoms with Crippen LogP contribution in [0.2, 0.25) is 0 Å². The average molecular weight is 405 g/mol. The first-order valence-electron chi connectivity index (χ1n) is 10.9. The number of amides is 3. The van der Waals surface area contributed by atoms with Crippen LogP contribution in [0.25, 0.3) is 10.8 Å². The number of carbonyl (C=O) groups excluding carboxylic acids is 3. The summed E-state index contributed by atoms with van der Waals surface area (Å²) in [5.41, 5.74) is 0.982. The molecule has 2 aromatic carbocycles. The number of fused-ring (bicyclic) bond motifs is 1. The molecule has 0 bridgehead atoms. The molecule has 2 saturated heterocycles. The minimum absolute atomic E-state index is 0.00401. The van der Waals surface area contributed by atoms with E-state index in [2.05, 4.69) is 10.6 Å². The molecule has 5 rings (SSSR count). The van der Waals surface area contributed by atoms with Crippen molar-refractivity contribution >= 4 is 28.5 Å². The second-order valence-corrected chi connectivity index (χ2v) is 9.18. The van der Waals surface area contributed by atoms with E-state index in [9.17, 15) is 14.4 Å². The third kappa shape index (κ3) is 3.44. The van der Waals surface area contributed by atoms with Gasteiger partial charge in [0, 0.05) is 43.1 Å². The molecule has 3 aliphatic rings. The summed E-state index contributed by atoms with van der Waals surface area (Å²) in [6.07, 6.45) is 4.23. The molecule has 1 spiro atoms. The van der Waals surface area contributed by atoms with Gasteiger partial charge in [0.1, 0.15) is 0 Å². The van der Waals surface area contributed by atoms with E-state index in [0.717, 1.165) is 55.1 Å². The van der Waals surface area contributed by atoms with E-state index in [-0.39, 0.29) is 35.1 Å². The van der Waals surface area contributed by atoms with E-state index >= 15 is 0 Å². The first-order chi connectivity index (χ1) is 14.5. The van der Waals surface area contributed by atoms with Gasteiger partial charge in [0.15, 0.2) is 0 Å². The molecule has 30 heavy (non-hydrogen) atoms. The predicted octanol–water partition coefficient (Wildman–Crippen LogP) is 2.48. The third-order valence-corrected chi connectivity index (χ3v) is 7.10. The highest BCUT2D eigenvalue weighted by molar-refractivity contribution is 6.07. The van der Waals surface area contributed by atoms with E-state index in [1.807, 2.05) is 47.4 Å². The minimum Gasteiger partial charge on any atom is -0.355 e. The van der Waals surface area contributed by atoms with Gasteiger partial charge < -0.3 is 15.5 Å². The number of likely N-dealkylation sites (tertiary alicyclic amines) is 1. The van der Waals surface area contributed by atoms with E-state index in [1.165, 1.54) is 0 Å². The summed E-state index contributed by atoms with van der Waals surface area (Å²) in [5.74, 6) is -0.156. The fraction of sp³-hybridized carbons (Fsp3) is 0.458. The second kappa shape index (κ2) is 7.42. The van der Waals surface area contributed by atoms with Crippen molar-refractivity contribution in [1.82, 2.24) is 15.5 Å². The lowest BCUT2D eigenvalue weighted by atomic mass is 9.67. The van der Waals surface area contributed by atoms with Gasteiger partial charge in [-0.1, -0.05) is 36.4 Å². The Morgan fingerprint density at radius 3 is 2.50 bits per heavy atom. The van der Waals surface area contributed by atoms with Crippen LogP contribution < -0.4 is 10.6 Å². The largest absolute Gasteiger partial charge is 0.355 e. The lowest BCUT2D eigenvalue weighted by Gasteiger charge is -2.53. The maximum absolute atomic E-state index is 13.1. The lowest BCUT2D eigenvalue weighted by Crippen LogP contribution is -2.60. The molecule has 6 nitrogen and oxygen atoms in total. The highest BCUT2D eigenvalue weighted by Crippen LogP contribution is 2.44. The minimum atomic E-state index is -0.231. The monoisotopic (exact) mass is 405 g/mol. The third-order valence-electron chi connectivity index (χ3n) is 7.10. The standard InChI is InChI=1S/C24H27N3O3/c28-21-12-17(13-25-21)22(29)26-18-8-10-24(11-9-18)14-27(15-24)23(30)20-7-3-5-16-4-1-2-6-19(16)20/h1-7,17-18H,8-15H2,(H,25,28)(H,26,29). The Labute approximate surface area is 176 Å². The zero-order valence-corrected chi connectivity index (χ0v) is 17.0. The smallest absolute Gasteiger partial charge is 0.254 e. The SMILES string of the molecule is O=C1CC(C(=O)NC2CCC3(CC2)CN(C(=O)c2cccc4ccccc24)C3)CN1. The van der Waals surface area contributed by atoms with Gasteiger partial charge in [-0.05, 0) is 42.5 Å². The van der Waals surface area contributed by atoms with Crippen LogP contribution >= 0.6 is 0 Å². The number of carbonyl (C=O) groups is 3. The highest BCUT2D eigenvalue weighted by atomic mass is 16.2. The van der Waals surface area contributed by atoms with Gasteiger partial charge in [-0.2, -0.15) is 0 Å². The predicted molar refractivity (Wildman–Crippen MR) is 114 cm³/mol. The molecule has 0 radical (unpaired) electrons. The van der Waals surface area contributed by atoms with Crippen LogP contribution in [0.5, 0.6) is 0 Å². The maximum Gasteiger partial charge on any atom is 0.254 e. The van der Waals surface area contributed by atoms with Gasteiger partial charge in [0.2, 0.25) is 11.8 Å². The molecule has 3 fully saturated rings. The van der Waals surface area contributed by atoms with E-state index in [1.54, 1.807) is 0 Å². The molecular formula is C24H27N3O3. The molecule has 2 aliphatic heterocycles. The quantitative estimate of drug-likeness (QED) is 0.824. The van der Waals surface area contributed by atoms with Gasteiger partial charge in [0.25, 0.3) is 5.91 Å². The van der Waals surface area contributed by atoms with E-state index in [4.69, 9.17) is 0 Å². The molecule has 2 aromatic rings. The van der Waals surface area contributed by atoms with E-state index < -0.39 is 0 Å². The van der Waals surface area contributed by atoms with Gasteiger partial charge in [-0.15, -0.1) is 0 Å². The summed E-state index contributed by atoms with van der Waals surface area (Å²) >= 11 is 0. The van der Waals surface area contributed by atoms with Crippen LogP contribution in [-0.4, -0.2) is 48.3 Å². The fourth-order valence-electron chi connectivity index (χ4n) is 5.29.